The molecule has 0 aromatic heterocycles. The van der Waals surface area contributed by atoms with Crippen molar-refractivity contribution in [2.45, 2.75) is 18.4 Å². The van der Waals surface area contributed by atoms with Crippen LogP contribution < -0.4 is 5.73 Å². The summed E-state index contributed by atoms with van der Waals surface area (Å²) in [5.41, 5.74) is 8.17. The van der Waals surface area contributed by atoms with Crippen molar-refractivity contribution in [3.63, 3.8) is 0 Å². The summed E-state index contributed by atoms with van der Waals surface area (Å²) >= 11 is 3.48. The summed E-state index contributed by atoms with van der Waals surface area (Å²) < 4.78 is 6.39. The van der Waals surface area contributed by atoms with Crippen LogP contribution >= 0.6 is 15.9 Å². The molecule has 2 aliphatic rings. The first-order chi connectivity index (χ1) is 7.17. The van der Waals surface area contributed by atoms with Crippen molar-refractivity contribution in [2.24, 2.45) is 10.7 Å². The summed E-state index contributed by atoms with van der Waals surface area (Å²) in [6, 6.07) is 6.72. The monoisotopic (exact) mass is 266 g/mol. The fourth-order valence-corrected chi connectivity index (χ4v) is 2.80. The van der Waals surface area contributed by atoms with E-state index in [0.717, 1.165) is 17.3 Å². The molecule has 3 rings (SSSR count). The molecule has 1 unspecified atom stereocenters. The molecule has 78 valence electrons. The molecule has 1 spiro atoms. The second kappa shape index (κ2) is 2.98. The van der Waals surface area contributed by atoms with Gasteiger partial charge in [0.15, 0.2) is 0 Å². The first-order valence-electron chi connectivity index (χ1n) is 4.92. The van der Waals surface area contributed by atoms with Crippen LogP contribution in [0.2, 0.25) is 0 Å². The van der Waals surface area contributed by atoms with Crippen molar-refractivity contribution < 1.29 is 4.74 Å². The number of aliphatic imine (C=N–C) groups is 1. The lowest BCUT2D eigenvalue weighted by atomic mass is 9.99. The van der Waals surface area contributed by atoms with Gasteiger partial charge in [-0.15, -0.1) is 0 Å². The fourth-order valence-electron chi connectivity index (χ4n) is 2.39. The number of fused-ring (bicyclic) bond motifs is 1. The smallest absolute Gasteiger partial charge is 0.282 e. The van der Waals surface area contributed by atoms with E-state index in [-0.39, 0.29) is 5.54 Å². The highest BCUT2D eigenvalue weighted by molar-refractivity contribution is 9.10. The molecule has 3 nitrogen and oxygen atoms in total. The van der Waals surface area contributed by atoms with Gasteiger partial charge >= 0.3 is 0 Å². The van der Waals surface area contributed by atoms with Crippen LogP contribution in [0.4, 0.5) is 0 Å². The Hall–Kier alpha value is -1.03. The molecule has 0 bridgehead atoms. The molecule has 0 fully saturated rings. The highest BCUT2D eigenvalue weighted by Gasteiger charge is 2.41. The third-order valence-corrected chi connectivity index (χ3v) is 3.54. The number of hydrogen-bond donors (Lipinski definition) is 1. The zero-order valence-electron chi connectivity index (χ0n) is 8.16. The van der Waals surface area contributed by atoms with E-state index in [4.69, 9.17) is 10.5 Å². The van der Waals surface area contributed by atoms with Gasteiger partial charge in [0.25, 0.3) is 6.02 Å². The minimum atomic E-state index is -0.118. The van der Waals surface area contributed by atoms with Gasteiger partial charge in [-0.25, -0.2) is 4.99 Å². The van der Waals surface area contributed by atoms with Crippen LogP contribution in [0.1, 0.15) is 11.1 Å². The van der Waals surface area contributed by atoms with E-state index in [9.17, 15) is 0 Å². The quantitative estimate of drug-likeness (QED) is 0.776. The molecule has 1 aromatic rings. The molecule has 2 N–H and O–H groups in total. The largest absolute Gasteiger partial charge is 0.463 e. The van der Waals surface area contributed by atoms with Crippen LogP contribution in [0.3, 0.4) is 0 Å². The number of nitrogens with two attached hydrogens (primary N) is 1. The summed E-state index contributed by atoms with van der Waals surface area (Å²) in [6.07, 6.45) is 1.87. The fraction of sp³-hybridized carbons (Fsp3) is 0.364. The summed E-state index contributed by atoms with van der Waals surface area (Å²) in [6.45, 7) is 0.616. The molecule has 0 radical (unpaired) electrons. The summed E-state index contributed by atoms with van der Waals surface area (Å²) in [5.74, 6) is 0. The predicted octanol–water partition coefficient (Wildman–Crippen LogP) is 1.63. The minimum absolute atomic E-state index is 0.118. The molecule has 4 heteroatoms. The van der Waals surface area contributed by atoms with Crippen LogP contribution in [0.15, 0.2) is 27.7 Å². The predicted molar refractivity (Wildman–Crippen MR) is 61.9 cm³/mol. The Kier molecular flexibility index (Phi) is 1.83. The third kappa shape index (κ3) is 1.44. The van der Waals surface area contributed by atoms with E-state index in [2.05, 4.69) is 39.1 Å². The lowest BCUT2D eigenvalue weighted by molar-refractivity contribution is 0.258. The lowest BCUT2D eigenvalue weighted by Gasteiger charge is -2.15. The molecule has 1 heterocycles. The third-order valence-electron chi connectivity index (χ3n) is 3.04. The molecule has 0 amide bonds. The van der Waals surface area contributed by atoms with Gasteiger partial charge in [0.2, 0.25) is 0 Å². The van der Waals surface area contributed by atoms with E-state index >= 15 is 0 Å². The van der Waals surface area contributed by atoms with Gasteiger partial charge in [-0.05, 0) is 23.3 Å². The van der Waals surface area contributed by atoms with Gasteiger partial charge < -0.3 is 10.5 Å². The zero-order chi connectivity index (χ0) is 10.5. The maximum Gasteiger partial charge on any atom is 0.282 e. The van der Waals surface area contributed by atoms with E-state index < -0.39 is 0 Å². The van der Waals surface area contributed by atoms with Crippen LogP contribution in [-0.4, -0.2) is 18.2 Å². The molecule has 0 saturated heterocycles. The number of amidine groups is 1. The van der Waals surface area contributed by atoms with Gasteiger partial charge in [0.1, 0.15) is 12.1 Å². The Morgan fingerprint density at radius 3 is 2.87 bits per heavy atom. The lowest BCUT2D eigenvalue weighted by Crippen LogP contribution is -2.28. The van der Waals surface area contributed by atoms with Crippen molar-refractivity contribution >= 4 is 22.0 Å². The zero-order valence-corrected chi connectivity index (χ0v) is 9.75. The molecule has 15 heavy (non-hydrogen) atoms. The van der Waals surface area contributed by atoms with Crippen LogP contribution in [-0.2, 0) is 17.6 Å². The molecule has 0 saturated carbocycles. The van der Waals surface area contributed by atoms with Gasteiger partial charge in [-0.2, -0.15) is 0 Å². The number of halogens is 1. The number of rotatable bonds is 0. The maximum atomic E-state index is 5.57. The van der Waals surface area contributed by atoms with Crippen LogP contribution in [0.25, 0.3) is 0 Å². The normalized spacial score (nSPS) is 27.7. The first kappa shape index (κ1) is 9.21. The van der Waals surface area contributed by atoms with E-state index in [0.29, 0.717) is 12.6 Å². The van der Waals surface area contributed by atoms with Crippen molar-refractivity contribution in [3.05, 3.63) is 33.8 Å². The van der Waals surface area contributed by atoms with Gasteiger partial charge in [0.05, 0.1) is 0 Å². The molecule has 1 aliphatic carbocycles. The number of ether oxygens (including phenoxy) is 1. The van der Waals surface area contributed by atoms with E-state index in [1.54, 1.807) is 0 Å². The summed E-state index contributed by atoms with van der Waals surface area (Å²) in [4.78, 5) is 4.42. The van der Waals surface area contributed by atoms with Crippen molar-refractivity contribution in [1.29, 1.82) is 0 Å². The second-order valence-electron chi connectivity index (χ2n) is 4.23. The van der Waals surface area contributed by atoms with Gasteiger partial charge in [-0.3, -0.25) is 0 Å². The first-order valence-corrected chi connectivity index (χ1v) is 5.72. The molecule has 1 aromatic carbocycles. The molecule has 1 aliphatic heterocycles. The average Bonchev–Trinajstić information content (AvgIpc) is 2.69. The van der Waals surface area contributed by atoms with Crippen molar-refractivity contribution in [1.82, 2.24) is 0 Å². The van der Waals surface area contributed by atoms with Crippen LogP contribution in [0.5, 0.6) is 0 Å². The Morgan fingerprint density at radius 1 is 1.33 bits per heavy atom. The van der Waals surface area contributed by atoms with E-state index in [1.165, 1.54) is 11.1 Å². The highest BCUT2D eigenvalue weighted by Crippen LogP contribution is 2.36. The Morgan fingerprint density at radius 2 is 2.13 bits per heavy atom. The standard InChI is InChI=1S/C11H11BrN2O/c12-9-2-1-7-4-11(5-8(7)3-9)6-15-10(13)14-11/h1-3H,4-6H2,(H2,13,14). The Labute approximate surface area is 96.5 Å². The number of benzene rings is 1. The number of hydrogen-bond acceptors (Lipinski definition) is 3. The SMILES string of the molecule is NC1=NC2(CO1)Cc1ccc(Br)cc1C2. The van der Waals surface area contributed by atoms with Crippen LogP contribution in [0, 0.1) is 0 Å². The van der Waals surface area contributed by atoms with Crippen molar-refractivity contribution in [3.8, 4) is 0 Å². The van der Waals surface area contributed by atoms with Gasteiger partial charge in [-0.1, -0.05) is 22.0 Å². The maximum absolute atomic E-state index is 5.57. The average molecular weight is 267 g/mol. The summed E-state index contributed by atoms with van der Waals surface area (Å²) in [7, 11) is 0. The second-order valence-corrected chi connectivity index (χ2v) is 5.15. The highest BCUT2D eigenvalue weighted by atomic mass is 79.9. The molecular weight excluding hydrogens is 256 g/mol. The topological polar surface area (TPSA) is 47.6 Å². The molecule has 1 atom stereocenters. The van der Waals surface area contributed by atoms with Crippen molar-refractivity contribution in [2.75, 3.05) is 6.61 Å². The number of nitrogens with zero attached hydrogens (tertiary/aromatic N) is 1. The van der Waals surface area contributed by atoms with Gasteiger partial charge in [0, 0.05) is 17.3 Å². The molecular formula is C11H11BrN2O. The minimum Gasteiger partial charge on any atom is -0.463 e. The summed E-state index contributed by atoms with van der Waals surface area (Å²) in [5, 5.41) is 0. The van der Waals surface area contributed by atoms with E-state index in [1.807, 2.05) is 0 Å². The Bertz CT molecular complexity index is 458. The Balaban J connectivity index is 1.99.